The van der Waals surface area contributed by atoms with Crippen LogP contribution in [0, 0.1) is 0 Å². The summed E-state index contributed by atoms with van der Waals surface area (Å²) in [5.74, 6) is 0. The fourth-order valence-corrected chi connectivity index (χ4v) is 0.512. The number of hydrogen-bond acceptors (Lipinski definition) is 4. The Morgan fingerprint density at radius 3 is 2.56 bits per heavy atom. The summed E-state index contributed by atoms with van der Waals surface area (Å²) >= 11 is 3.85. The van der Waals surface area contributed by atoms with Crippen molar-refractivity contribution in [1.29, 1.82) is 0 Å². The van der Waals surface area contributed by atoms with Gasteiger partial charge >= 0.3 is 18.9 Å². The average molecular weight is 138 g/mol. The predicted molar refractivity (Wildman–Crippen MR) is 37.9 cm³/mol. The van der Waals surface area contributed by atoms with Gasteiger partial charge in [-0.15, -0.1) is 10.2 Å². The zero-order chi connectivity index (χ0) is 5.98. The fourth-order valence-electron chi connectivity index (χ4n) is 0.369. The van der Waals surface area contributed by atoms with E-state index < -0.39 is 0 Å². The Morgan fingerprint density at radius 2 is 2.33 bits per heavy atom. The molecule has 0 amide bonds. The van der Waals surface area contributed by atoms with Crippen LogP contribution in [0.2, 0.25) is 0 Å². The van der Waals surface area contributed by atoms with Gasteiger partial charge in [0.25, 0.3) is 0 Å². The van der Waals surface area contributed by atoms with Crippen LogP contribution in [0.1, 0.15) is 6.92 Å². The van der Waals surface area contributed by atoms with Crippen molar-refractivity contribution >= 4 is 31.5 Å². The molecule has 0 unspecified atom stereocenters. The molecular formula is C3H7LiN4S. The van der Waals surface area contributed by atoms with Crippen LogP contribution in [-0.2, 0) is 6.54 Å². The molecule has 0 atom stereocenters. The van der Waals surface area contributed by atoms with Crippen LogP contribution in [-0.4, -0.2) is 39.1 Å². The number of thiol groups is 1. The van der Waals surface area contributed by atoms with Crippen LogP contribution in [0.3, 0.4) is 0 Å². The van der Waals surface area contributed by atoms with E-state index in [-0.39, 0.29) is 18.9 Å². The van der Waals surface area contributed by atoms with Gasteiger partial charge in [-0.25, -0.2) is 0 Å². The van der Waals surface area contributed by atoms with Gasteiger partial charge < -0.3 is 0 Å². The Kier molecular flexibility index (Phi) is 3.94. The molecule has 0 fully saturated rings. The molecule has 9 heavy (non-hydrogen) atoms. The van der Waals surface area contributed by atoms with E-state index in [0.29, 0.717) is 5.16 Å². The van der Waals surface area contributed by atoms with Gasteiger partial charge in [-0.3, -0.25) is 0 Å². The van der Waals surface area contributed by atoms with Gasteiger partial charge in [0.1, 0.15) is 0 Å². The first-order valence-corrected chi connectivity index (χ1v) is 2.74. The Labute approximate surface area is 70.6 Å². The number of aryl methyl sites for hydroxylation is 1. The molecule has 1 aromatic heterocycles. The third-order valence-corrected chi connectivity index (χ3v) is 0.904. The molecular weight excluding hydrogens is 131 g/mol. The van der Waals surface area contributed by atoms with Gasteiger partial charge in [-0.2, -0.15) is 4.80 Å². The summed E-state index contributed by atoms with van der Waals surface area (Å²) in [6, 6.07) is 0. The van der Waals surface area contributed by atoms with E-state index >= 15 is 0 Å². The molecule has 46 valence electrons. The molecule has 0 radical (unpaired) electrons. The molecule has 0 aliphatic carbocycles. The van der Waals surface area contributed by atoms with Crippen molar-refractivity contribution in [3.05, 3.63) is 0 Å². The Balaban J connectivity index is 0.000000640. The molecule has 6 heteroatoms. The number of rotatable bonds is 1. The van der Waals surface area contributed by atoms with E-state index in [0.717, 1.165) is 6.54 Å². The SMILES string of the molecule is CCn1nnc(S)n1.[LiH]. The zero-order valence-corrected chi connectivity index (χ0v) is 5.34. The van der Waals surface area contributed by atoms with E-state index in [1.165, 1.54) is 4.80 Å². The topological polar surface area (TPSA) is 43.6 Å². The first kappa shape index (κ1) is 9.02. The second-order valence-electron chi connectivity index (χ2n) is 1.28. The average Bonchev–Trinajstić information content (AvgIpc) is 2.14. The molecule has 0 aliphatic rings. The maximum absolute atomic E-state index is 3.85. The van der Waals surface area contributed by atoms with E-state index in [2.05, 4.69) is 28.0 Å². The summed E-state index contributed by atoms with van der Waals surface area (Å²) in [7, 11) is 0. The van der Waals surface area contributed by atoms with Gasteiger partial charge in [0.2, 0.25) is 5.16 Å². The summed E-state index contributed by atoms with van der Waals surface area (Å²) in [5.41, 5.74) is 0. The molecule has 0 N–H and O–H groups in total. The summed E-state index contributed by atoms with van der Waals surface area (Å²) < 4.78 is 0. The van der Waals surface area contributed by atoms with Gasteiger partial charge in [0, 0.05) is 0 Å². The van der Waals surface area contributed by atoms with Gasteiger partial charge in [-0.05, 0) is 12.1 Å². The summed E-state index contributed by atoms with van der Waals surface area (Å²) in [4.78, 5) is 1.47. The van der Waals surface area contributed by atoms with E-state index in [4.69, 9.17) is 0 Å². The second-order valence-corrected chi connectivity index (χ2v) is 1.68. The monoisotopic (exact) mass is 138 g/mol. The molecule has 0 bridgehead atoms. The van der Waals surface area contributed by atoms with Crippen molar-refractivity contribution in [3.8, 4) is 0 Å². The summed E-state index contributed by atoms with van der Waals surface area (Å²) in [5, 5.41) is 11.4. The normalized spacial score (nSPS) is 8.67. The van der Waals surface area contributed by atoms with Crippen molar-refractivity contribution in [3.63, 3.8) is 0 Å². The van der Waals surface area contributed by atoms with Crippen LogP contribution < -0.4 is 0 Å². The molecule has 4 nitrogen and oxygen atoms in total. The van der Waals surface area contributed by atoms with E-state index in [1.807, 2.05) is 6.92 Å². The molecule has 0 saturated carbocycles. The molecule has 0 aromatic carbocycles. The Morgan fingerprint density at radius 1 is 1.67 bits per heavy atom. The first-order chi connectivity index (χ1) is 3.83. The molecule has 1 heterocycles. The zero-order valence-electron chi connectivity index (χ0n) is 4.44. The van der Waals surface area contributed by atoms with Crippen molar-refractivity contribution < 1.29 is 0 Å². The van der Waals surface area contributed by atoms with E-state index in [9.17, 15) is 0 Å². The Hall–Kier alpha value is 0.0174. The van der Waals surface area contributed by atoms with Crippen LogP contribution in [0.4, 0.5) is 0 Å². The third kappa shape index (κ3) is 2.39. The van der Waals surface area contributed by atoms with Crippen molar-refractivity contribution in [2.45, 2.75) is 18.6 Å². The van der Waals surface area contributed by atoms with Crippen molar-refractivity contribution in [1.82, 2.24) is 20.2 Å². The molecule has 1 rings (SSSR count). The quantitative estimate of drug-likeness (QED) is 0.413. The standard InChI is InChI=1S/C3H6N4S.Li.H/c1-2-7-5-3(8)4-6-7;;/h2H2,1H3,(H,5,8);;. The maximum atomic E-state index is 3.85. The number of tetrazole rings is 1. The summed E-state index contributed by atoms with van der Waals surface area (Å²) in [6.45, 7) is 2.68. The van der Waals surface area contributed by atoms with Crippen LogP contribution in [0.25, 0.3) is 0 Å². The molecule has 1 aromatic rings. The van der Waals surface area contributed by atoms with Crippen molar-refractivity contribution in [2.24, 2.45) is 0 Å². The third-order valence-electron chi connectivity index (χ3n) is 0.725. The number of hydrogen-bond donors (Lipinski definition) is 1. The second kappa shape index (κ2) is 3.93. The molecule has 0 aliphatic heterocycles. The first-order valence-electron chi connectivity index (χ1n) is 2.29. The summed E-state index contributed by atoms with van der Waals surface area (Å²) in [6.07, 6.45) is 0. The minimum absolute atomic E-state index is 0. The van der Waals surface area contributed by atoms with Gasteiger partial charge in [-0.1, -0.05) is 12.6 Å². The van der Waals surface area contributed by atoms with Gasteiger partial charge in [0.15, 0.2) is 0 Å². The van der Waals surface area contributed by atoms with Crippen molar-refractivity contribution in [2.75, 3.05) is 0 Å². The number of nitrogens with zero attached hydrogens (tertiary/aromatic N) is 4. The number of aromatic nitrogens is 4. The van der Waals surface area contributed by atoms with Crippen LogP contribution >= 0.6 is 12.6 Å². The molecule has 0 saturated heterocycles. The Bertz CT molecular complexity index is 176. The molecule has 0 spiro atoms. The fraction of sp³-hybridized carbons (Fsp3) is 0.667. The van der Waals surface area contributed by atoms with Gasteiger partial charge in [0.05, 0.1) is 6.54 Å². The van der Waals surface area contributed by atoms with Crippen LogP contribution in [0.15, 0.2) is 5.16 Å². The minimum atomic E-state index is 0. The van der Waals surface area contributed by atoms with Crippen LogP contribution in [0.5, 0.6) is 0 Å². The van der Waals surface area contributed by atoms with E-state index in [1.54, 1.807) is 0 Å². The predicted octanol–water partition coefficient (Wildman–Crippen LogP) is -0.667.